The molecular weight excluding hydrogens is 443 g/mol. The molecule has 1 aromatic rings. The fraction of sp³-hybridized carbons (Fsp3) is 0.667. The summed E-state index contributed by atoms with van der Waals surface area (Å²) in [5, 5.41) is 0. The fourth-order valence-electron chi connectivity index (χ4n) is 1.51. The van der Waals surface area contributed by atoms with Crippen molar-refractivity contribution in [3.63, 3.8) is 0 Å². The Bertz CT molecular complexity index is 632. The summed E-state index contributed by atoms with van der Waals surface area (Å²) in [5.74, 6) is -2.49. The number of para-hydroxylation sites is 1. The number of benzene rings is 1. The van der Waals surface area contributed by atoms with Crippen LogP contribution < -0.4 is 26.0 Å². The van der Waals surface area contributed by atoms with Crippen LogP contribution in [0.2, 0.25) is 0 Å². The van der Waals surface area contributed by atoms with Gasteiger partial charge < -0.3 is 35.3 Å². The minimum absolute atomic E-state index is 0.0541. The van der Waals surface area contributed by atoms with Gasteiger partial charge in [-0.3, -0.25) is 0 Å². The molecule has 0 aromatic heterocycles. The van der Waals surface area contributed by atoms with E-state index in [0.717, 1.165) is 0 Å². The molecule has 0 amide bonds. The van der Waals surface area contributed by atoms with Gasteiger partial charge in [0.1, 0.15) is 11.6 Å². The third-order valence-corrected chi connectivity index (χ3v) is 3.91. The lowest BCUT2D eigenvalue weighted by molar-refractivity contribution is -0.459. The summed E-state index contributed by atoms with van der Waals surface area (Å²) in [6.45, 7) is 14.3. The quantitative estimate of drug-likeness (QED) is 0.326. The molecule has 0 heterocycles. The number of ether oxygens (including phenoxy) is 2. The molecule has 0 saturated heterocycles. The van der Waals surface area contributed by atoms with Crippen LogP contribution in [0.4, 0.5) is 0 Å². The molecule has 1 rings (SSSR count). The summed E-state index contributed by atoms with van der Waals surface area (Å²) in [4.78, 5) is 33.8. The molecule has 8 nitrogen and oxygen atoms in total. The van der Waals surface area contributed by atoms with E-state index in [2.05, 4.69) is 57.7 Å². The van der Waals surface area contributed by atoms with Crippen LogP contribution >= 0.6 is 19.2 Å². The standard InChI is InChI=1S/C13H18ClO6P.2C4H11N/c1-2-3-9-11(21(16,17)18)20-13(15)12(14)19-10-7-5-4-6-8-10;2*1-4(2,3)5/h4-8,11-12H,2-3,9H2,1H3,(H2,16,17,18);2*5H2,1-3H3. The maximum atomic E-state index is 11.7. The monoisotopic (exact) mass is 482 g/mol. The highest BCUT2D eigenvalue weighted by Crippen LogP contribution is 2.36. The van der Waals surface area contributed by atoms with Crippen molar-refractivity contribution < 1.29 is 40.1 Å². The van der Waals surface area contributed by atoms with Crippen LogP contribution in [0.25, 0.3) is 0 Å². The summed E-state index contributed by atoms with van der Waals surface area (Å²) in [5.41, 5.74) is 6.52. The predicted octanol–water partition coefficient (Wildman–Crippen LogP) is 1.66. The third-order valence-electron chi connectivity index (χ3n) is 2.58. The Balaban J connectivity index is 0. The number of esters is 1. The molecule has 182 valence electrons. The van der Waals surface area contributed by atoms with E-state index in [1.54, 1.807) is 30.3 Å². The van der Waals surface area contributed by atoms with Crippen molar-refractivity contribution >= 4 is 25.2 Å². The van der Waals surface area contributed by atoms with Gasteiger partial charge in [0, 0.05) is 0 Å². The first-order chi connectivity index (χ1) is 13.8. The Labute approximate surface area is 191 Å². The number of halogens is 1. The SMILES string of the molecule is CC(C)(C)[NH3+].CC(C)(C)[NH3+].CCCCC(OC(=O)C(Cl)Oc1ccccc1)P(=O)([O-])[O-]. The van der Waals surface area contributed by atoms with Gasteiger partial charge in [0.25, 0.3) is 5.56 Å². The van der Waals surface area contributed by atoms with Crippen molar-refractivity contribution in [2.45, 2.75) is 90.2 Å². The van der Waals surface area contributed by atoms with E-state index in [1.165, 1.54) is 0 Å². The van der Waals surface area contributed by atoms with Crippen molar-refractivity contribution in [3.8, 4) is 5.75 Å². The molecule has 31 heavy (non-hydrogen) atoms. The molecule has 2 unspecified atom stereocenters. The van der Waals surface area contributed by atoms with Gasteiger partial charge in [0.2, 0.25) is 0 Å². The topological polar surface area (TPSA) is 154 Å². The maximum absolute atomic E-state index is 11.7. The molecule has 2 atom stereocenters. The number of carbonyl (C=O) groups is 1. The number of quaternary nitrogens is 2. The van der Waals surface area contributed by atoms with E-state index in [1.807, 2.05) is 6.92 Å². The van der Waals surface area contributed by atoms with Gasteiger partial charge >= 0.3 is 5.97 Å². The second-order valence-corrected chi connectivity index (χ2v) is 11.5. The number of hydrogen-bond donors (Lipinski definition) is 2. The zero-order valence-corrected chi connectivity index (χ0v) is 21.5. The predicted molar refractivity (Wildman–Crippen MR) is 119 cm³/mol. The molecule has 1 aromatic carbocycles. The summed E-state index contributed by atoms with van der Waals surface area (Å²) < 4.78 is 20.8. The fourth-order valence-corrected chi connectivity index (χ4v) is 2.40. The van der Waals surface area contributed by atoms with Gasteiger partial charge in [-0.05, 0) is 74.1 Å². The van der Waals surface area contributed by atoms with Gasteiger partial charge in [-0.2, -0.15) is 0 Å². The number of hydrogen-bond acceptors (Lipinski definition) is 6. The largest absolute Gasteiger partial charge is 0.808 e. The molecule has 0 fully saturated rings. The van der Waals surface area contributed by atoms with Gasteiger partial charge in [0.05, 0.1) is 11.1 Å². The molecular formula is C21H40ClN2O6P. The highest BCUT2D eigenvalue weighted by molar-refractivity contribution is 7.49. The number of alkyl halides is 1. The normalized spacial score (nSPS) is 13.5. The van der Waals surface area contributed by atoms with Crippen LogP contribution in [0.5, 0.6) is 5.75 Å². The van der Waals surface area contributed by atoms with E-state index in [0.29, 0.717) is 18.6 Å². The van der Waals surface area contributed by atoms with Crippen molar-refractivity contribution in [2.24, 2.45) is 0 Å². The molecule has 0 spiro atoms. The second kappa shape index (κ2) is 14.8. The molecule has 0 bridgehead atoms. The Morgan fingerprint density at radius 2 is 1.48 bits per heavy atom. The van der Waals surface area contributed by atoms with Crippen LogP contribution in [0.3, 0.4) is 0 Å². The van der Waals surface area contributed by atoms with Crippen molar-refractivity contribution in [1.82, 2.24) is 0 Å². The van der Waals surface area contributed by atoms with E-state index < -0.39 is 25.0 Å². The molecule has 0 aliphatic heterocycles. The third kappa shape index (κ3) is 25.0. The van der Waals surface area contributed by atoms with Crippen LogP contribution in [0.1, 0.15) is 67.7 Å². The molecule has 6 N–H and O–H groups in total. The lowest BCUT2D eigenvalue weighted by atomic mass is 10.1. The van der Waals surface area contributed by atoms with Gasteiger partial charge in [-0.25, -0.2) is 4.79 Å². The number of carbonyl (C=O) groups excluding carboxylic acids is 1. The van der Waals surface area contributed by atoms with Crippen molar-refractivity contribution in [2.75, 3.05) is 0 Å². The summed E-state index contributed by atoms with van der Waals surface area (Å²) in [6.07, 6.45) is 1.05. The first-order valence-electron chi connectivity index (χ1n) is 10.1. The number of rotatable bonds is 8. The number of unbranched alkanes of at least 4 members (excludes halogenated alkanes) is 1. The first-order valence-corrected chi connectivity index (χ1v) is 12.2. The first kappa shape index (κ1) is 32.0. The van der Waals surface area contributed by atoms with Crippen LogP contribution in [0.15, 0.2) is 30.3 Å². The second-order valence-electron chi connectivity index (χ2n) is 9.44. The Morgan fingerprint density at radius 3 is 1.84 bits per heavy atom. The van der Waals surface area contributed by atoms with Crippen molar-refractivity contribution in [1.29, 1.82) is 0 Å². The maximum Gasteiger partial charge on any atom is 0.364 e. The van der Waals surface area contributed by atoms with Gasteiger partial charge in [-0.1, -0.05) is 43.1 Å². The van der Waals surface area contributed by atoms with Crippen LogP contribution in [-0.2, 0) is 14.1 Å². The summed E-state index contributed by atoms with van der Waals surface area (Å²) in [7, 11) is -5.04. The molecule has 0 radical (unpaired) electrons. The Morgan fingerprint density at radius 1 is 1.06 bits per heavy atom. The van der Waals surface area contributed by atoms with Crippen LogP contribution in [-0.4, -0.2) is 28.5 Å². The summed E-state index contributed by atoms with van der Waals surface area (Å²) in [6, 6.07) is 8.25. The minimum atomic E-state index is -5.04. The molecule has 0 saturated carbocycles. The Kier molecular flexibility index (Phi) is 15.3. The van der Waals surface area contributed by atoms with E-state index in [4.69, 9.17) is 16.3 Å². The molecule has 0 aliphatic rings. The highest BCUT2D eigenvalue weighted by Gasteiger charge is 2.24. The van der Waals surface area contributed by atoms with E-state index >= 15 is 0 Å². The van der Waals surface area contributed by atoms with E-state index in [9.17, 15) is 19.1 Å². The minimum Gasteiger partial charge on any atom is -0.808 e. The van der Waals surface area contributed by atoms with Crippen LogP contribution in [0, 0.1) is 0 Å². The van der Waals surface area contributed by atoms with E-state index in [-0.39, 0.29) is 17.5 Å². The lowest BCUT2D eigenvalue weighted by Crippen LogP contribution is -2.67. The lowest BCUT2D eigenvalue weighted by Gasteiger charge is -2.37. The zero-order valence-electron chi connectivity index (χ0n) is 19.9. The summed E-state index contributed by atoms with van der Waals surface area (Å²) >= 11 is 5.70. The average Bonchev–Trinajstić information content (AvgIpc) is 2.55. The molecule has 10 heteroatoms. The smallest absolute Gasteiger partial charge is 0.364 e. The highest BCUT2D eigenvalue weighted by atomic mass is 35.5. The average molecular weight is 483 g/mol. The van der Waals surface area contributed by atoms with Gasteiger partial charge in [0.15, 0.2) is 0 Å². The zero-order chi connectivity index (χ0) is 24.9. The Hall–Kier alpha value is -1.15. The van der Waals surface area contributed by atoms with Gasteiger partial charge in [-0.15, -0.1) is 0 Å². The molecule has 0 aliphatic carbocycles. The van der Waals surface area contributed by atoms with Crippen molar-refractivity contribution in [3.05, 3.63) is 30.3 Å².